The van der Waals surface area contributed by atoms with E-state index < -0.39 is 42.7 Å². The number of hydrogen-bond acceptors (Lipinski definition) is 5. The molecule has 1 aliphatic rings. The molecule has 1 aromatic rings. The van der Waals surface area contributed by atoms with Gasteiger partial charge in [-0.25, -0.2) is 21.6 Å². The number of sulfonamides is 1. The quantitative estimate of drug-likeness (QED) is 0.865. The first-order chi connectivity index (χ1) is 9.50. The molecule has 1 saturated heterocycles. The monoisotopic (exact) mass is 344 g/mol. The second-order valence-corrected chi connectivity index (χ2v) is 8.54. The standard InChI is InChI=1S/C10H11F3N2O4S2/c11-10(12,13)9-2-1-8(5-14-9)21(18,19)15-7-3-4-20(16,17)6-7/h1-2,5,7,15H,3-4,6H2. The van der Waals surface area contributed by atoms with Crippen molar-refractivity contribution in [2.45, 2.75) is 23.5 Å². The second kappa shape index (κ2) is 5.21. The van der Waals surface area contributed by atoms with Crippen LogP contribution in [0.4, 0.5) is 13.2 Å². The van der Waals surface area contributed by atoms with Crippen molar-refractivity contribution in [2.75, 3.05) is 11.5 Å². The van der Waals surface area contributed by atoms with Gasteiger partial charge in [0.25, 0.3) is 0 Å². The Labute approximate surface area is 119 Å². The van der Waals surface area contributed by atoms with Gasteiger partial charge in [0.15, 0.2) is 9.84 Å². The molecule has 6 nitrogen and oxygen atoms in total. The summed E-state index contributed by atoms with van der Waals surface area (Å²) < 4.78 is 85.5. The molecule has 0 aliphatic carbocycles. The van der Waals surface area contributed by atoms with Crippen LogP contribution in [0.1, 0.15) is 12.1 Å². The van der Waals surface area contributed by atoms with Gasteiger partial charge in [-0.3, -0.25) is 4.98 Å². The summed E-state index contributed by atoms with van der Waals surface area (Å²) in [6.45, 7) is 0. The topological polar surface area (TPSA) is 93.2 Å². The molecule has 1 fully saturated rings. The molecule has 0 spiro atoms. The van der Waals surface area contributed by atoms with Gasteiger partial charge in [-0.05, 0) is 18.6 Å². The number of pyridine rings is 1. The summed E-state index contributed by atoms with van der Waals surface area (Å²) in [6, 6.07) is 0.559. The third kappa shape index (κ3) is 3.92. The molecule has 1 atom stereocenters. The van der Waals surface area contributed by atoms with Crippen molar-refractivity contribution in [1.82, 2.24) is 9.71 Å². The van der Waals surface area contributed by atoms with E-state index in [2.05, 4.69) is 9.71 Å². The maximum Gasteiger partial charge on any atom is 0.433 e. The summed E-state index contributed by atoms with van der Waals surface area (Å²) in [7, 11) is -7.37. The number of sulfone groups is 1. The van der Waals surface area contributed by atoms with E-state index in [1.54, 1.807) is 0 Å². The lowest BCUT2D eigenvalue weighted by molar-refractivity contribution is -0.141. The fraction of sp³-hybridized carbons (Fsp3) is 0.500. The first-order valence-corrected chi connectivity index (χ1v) is 9.06. The zero-order valence-corrected chi connectivity index (χ0v) is 12.1. The molecular weight excluding hydrogens is 333 g/mol. The Balaban J connectivity index is 2.17. The highest BCUT2D eigenvalue weighted by Gasteiger charge is 2.34. The Morgan fingerprint density at radius 3 is 2.38 bits per heavy atom. The van der Waals surface area contributed by atoms with E-state index in [4.69, 9.17) is 0 Å². The average molecular weight is 344 g/mol. The summed E-state index contributed by atoms with van der Waals surface area (Å²) in [4.78, 5) is 2.61. The van der Waals surface area contributed by atoms with Crippen LogP contribution in [0.3, 0.4) is 0 Å². The van der Waals surface area contributed by atoms with E-state index in [-0.39, 0.29) is 17.9 Å². The summed E-state index contributed by atoms with van der Waals surface area (Å²) in [5.41, 5.74) is -1.20. The first kappa shape index (κ1) is 16.2. The van der Waals surface area contributed by atoms with E-state index in [1.807, 2.05) is 0 Å². The Morgan fingerprint density at radius 2 is 1.95 bits per heavy atom. The number of nitrogens with zero attached hydrogens (tertiary/aromatic N) is 1. The molecule has 0 aromatic carbocycles. The zero-order chi connectivity index (χ0) is 15.9. The van der Waals surface area contributed by atoms with Gasteiger partial charge in [0.2, 0.25) is 10.0 Å². The van der Waals surface area contributed by atoms with Crippen LogP contribution in [-0.2, 0) is 26.0 Å². The summed E-state index contributed by atoms with van der Waals surface area (Å²) >= 11 is 0. The lowest BCUT2D eigenvalue weighted by atomic mass is 10.3. The highest BCUT2D eigenvalue weighted by Crippen LogP contribution is 2.27. The molecule has 0 radical (unpaired) electrons. The van der Waals surface area contributed by atoms with Crippen molar-refractivity contribution in [1.29, 1.82) is 0 Å². The van der Waals surface area contributed by atoms with Crippen molar-refractivity contribution in [3.05, 3.63) is 24.0 Å². The number of halogens is 3. The van der Waals surface area contributed by atoms with E-state index in [0.717, 1.165) is 6.07 Å². The summed E-state index contributed by atoms with van der Waals surface area (Å²) in [5.74, 6) is -0.439. The van der Waals surface area contributed by atoms with E-state index >= 15 is 0 Å². The second-order valence-electron chi connectivity index (χ2n) is 4.60. The van der Waals surface area contributed by atoms with Crippen LogP contribution < -0.4 is 4.72 Å². The lowest BCUT2D eigenvalue weighted by Gasteiger charge is -2.12. The highest BCUT2D eigenvalue weighted by atomic mass is 32.2. The van der Waals surface area contributed by atoms with Crippen LogP contribution >= 0.6 is 0 Å². The Bertz CT molecular complexity index is 727. The summed E-state index contributed by atoms with van der Waals surface area (Å²) in [6.07, 6.45) is -3.93. The molecule has 118 valence electrons. The molecule has 2 heterocycles. The minimum atomic E-state index is -4.66. The fourth-order valence-corrected chi connectivity index (χ4v) is 4.88. The van der Waals surface area contributed by atoms with E-state index in [0.29, 0.717) is 12.3 Å². The number of rotatable bonds is 3. The minimum absolute atomic E-state index is 0.120. The minimum Gasteiger partial charge on any atom is -0.250 e. The fourth-order valence-electron chi connectivity index (χ4n) is 1.88. The van der Waals surface area contributed by atoms with Crippen molar-refractivity contribution >= 4 is 19.9 Å². The van der Waals surface area contributed by atoms with Crippen LogP contribution in [-0.4, -0.2) is 39.4 Å². The third-order valence-electron chi connectivity index (χ3n) is 2.89. The zero-order valence-electron chi connectivity index (χ0n) is 10.5. The molecular formula is C10H11F3N2O4S2. The number of hydrogen-bond donors (Lipinski definition) is 1. The Kier molecular flexibility index (Phi) is 4.02. The average Bonchev–Trinajstić information content (AvgIpc) is 2.67. The van der Waals surface area contributed by atoms with Crippen LogP contribution in [0, 0.1) is 0 Å². The molecule has 0 bridgehead atoms. The van der Waals surface area contributed by atoms with Gasteiger partial charge in [-0.1, -0.05) is 0 Å². The van der Waals surface area contributed by atoms with Crippen LogP contribution in [0.15, 0.2) is 23.2 Å². The predicted molar refractivity (Wildman–Crippen MR) is 66.6 cm³/mol. The van der Waals surface area contributed by atoms with Crippen molar-refractivity contribution in [3.63, 3.8) is 0 Å². The van der Waals surface area contributed by atoms with Gasteiger partial charge in [0.1, 0.15) is 10.6 Å². The lowest BCUT2D eigenvalue weighted by Crippen LogP contribution is -2.35. The van der Waals surface area contributed by atoms with Gasteiger partial charge in [-0.2, -0.15) is 13.2 Å². The van der Waals surface area contributed by atoms with Crippen LogP contribution in [0.5, 0.6) is 0 Å². The largest absolute Gasteiger partial charge is 0.433 e. The molecule has 1 unspecified atom stereocenters. The molecule has 2 rings (SSSR count). The van der Waals surface area contributed by atoms with Gasteiger partial charge in [0.05, 0.1) is 11.5 Å². The molecule has 11 heteroatoms. The van der Waals surface area contributed by atoms with Gasteiger partial charge in [0, 0.05) is 12.2 Å². The van der Waals surface area contributed by atoms with Crippen LogP contribution in [0.25, 0.3) is 0 Å². The first-order valence-electron chi connectivity index (χ1n) is 5.76. The number of nitrogens with one attached hydrogen (secondary N) is 1. The molecule has 1 aliphatic heterocycles. The molecule has 1 aromatic heterocycles. The maximum atomic E-state index is 12.3. The smallest absolute Gasteiger partial charge is 0.250 e. The van der Waals surface area contributed by atoms with Crippen molar-refractivity contribution in [3.8, 4) is 0 Å². The molecule has 1 N–H and O–H groups in total. The normalized spacial score (nSPS) is 22.3. The number of alkyl halides is 3. The molecule has 21 heavy (non-hydrogen) atoms. The molecule has 0 amide bonds. The van der Waals surface area contributed by atoms with Gasteiger partial charge in [-0.15, -0.1) is 0 Å². The van der Waals surface area contributed by atoms with Crippen molar-refractivity contribution in [2.24, 2.45) is 0 Å². The van der Waals surface area contributed by atoms with E-state index in [9.17, 15) is 30.0 Å². The SMILES string of the molecule is O=S1(=O)CCC(NS(=O)(=O)c2ccc(C(F)(F)F)nc2)C1. The van der Waals surface area contributed by atoms with Gasteiger partial charge < -0.3 is 0 Å². The Hall–Kier alpha value is -1.20. The highest BCUT2D eigenvalue weighted by molar-refractivity contribution is 7.92. The van der Waals surface area contributed by atoms with Crippen molar-refractivity contribution < 1.29 is 30.0 Å². The van der Waals surface area contributed by atoms with Crippen LogP contribution in [0.2, 0.25) is 0 Å². The Morgan fingerprint density at radius 1 is 1.29 bits per heavy atom. The molecule has 0 saturated carbocycles. The summed E-state index contributed by atoms with van der Waals surface area (Å²) in [5, 5.41) is 0. The van der Waals surface area contributed by atoms with Gasteiger partial charge >= 0.3 is 6.18 Å². The van der Waals surface area contributed by atoms with E-state index in [1.165, 1.54) is 0 Å². The predicted octanol–water partition coefficient (Wildman–Crippen LogP) is 0.566. The third-order valence-corrected chi connectivity index (χ3v) is 6.17. The number of aromatic nitrogens is 1. The maximum absolute atomic E-state index is 12.3.